The predicted molar refractivity (Wildman–Crippen MR) is 56.6 cm³/mol. The number of nitrogens with zero attached hydrogens (tertiary/aromatic N) is 3. The molecule has 0 spiro atoms. The SMILES string of the molecule is Cc1cnn2c(C)cc(C(C)C)nc12. The lowest BCUT2D eigenvalue weighted by atomic mass is 10.1. The summed E-state index contributed by atoms with van der Waals surface area (Å²) >= 11 is 0. The second-order valence-corrected chi connectivity index (χ2v) is 4.04. The summed E-state index contributed by atoms with van der Waals surface area (Å²) in [5.41, 5.74) is 4.40. The van der Waals surface area contributed by atoms with Gasteiger partial charge in [0, 0.05) is 17.0 Å². The summed E-state index contributed by atoms with van der Waals surface area (Å²) < 4.78 is 1.89. The van der Waals surface area contributed by atoms with Gasteiger partial charge in [0.15, 0.2) is 5.65 Å². The average Bonchev–Trinajstić information content (AvgIpc) is 2.48. The lowest BCUT2D eigenvalue weighted by Gasteiger charge is -2.07. The van der Waals surface area contributed by atoms with Crippen molar-refractivity contribution in [2.75, 3.05) is 0 Å². The Balaban J connectivity index is 2.75. The van der Waals surface area contributed by atoms with Gasteiger partial charge in [-0.25, -0.2) is 9.50 Å². The first-order chi connectivity index (χ1) is 6.59. The smallest absolute Gasteiger partial charge is 0.158 e. The van der Waals surface area contributed by atoms with Crippen molar-refractivity contribution in [3.05, 3.63) is 29.2 Å². The Morgan fingerprint density at radius 3 is 2.64 bits per heavy atom. The highest BCUT2D eigenvalue weighted by atomic mass is 15.2. The molecule has 0 unspecified atom stereocenters. The van der Waals surface area contributed by atoms with E-state index < -0.39 is 0 Å². The molecule has 0 radical (unpaired) electrons. The van der Waals surface area contributed by atoms with Gasteiger partial charge in [-0.1, -0.05) is 13.8 Å². The molecule has 3 heteroatoms. The van der Waals surface area contributed by atoms with E-state index in [2.05, 4.69) is 36.9 Å². The van der Waals surface area contributed by atoms with Crippen LogP contribution in [0.1, 0.15) is 36.7 Å². The van der Waals surface area contributed by atoms with Crippen LogP contribution in [0.15, 0.2) is 12.3 Å². The summed E-state index contributed by atoms with van der Waals surface area (Å²) in [7, 11) is 0. The molecule has 0 atom stereocenters. The standard InChI is InChI=1S/C11H15N3/c1-7(2)10-5-9(4)14-11(13-10)8(3)6-12-14/h5-7H,1-4H3. The van der Waals surface area contributed by atoms with E-state index in [0.717, 1.165) is 22.6 Å². The third-order valence-corrected chi connectivity index (χ3v) is 2.44. The maximum atomic E-state index is 4.60. The first kappa shape index (κ1) is 9.19. The lowest BCUT2D eigenvalue weighted by Crippen LogP contribution is -2.01. The predicted octanol–water partition coefficient (Wildman–Crippen LogP) is 2.47. The molecule has 0 aliphatic carbocycles. The van der Waals surface area contributed by atoms with Crippen molar-refractivity contribution in [1.29, 1.82) is 0 Å². The zero-order chi connectivity index (χ0) is 10.3. The summed E-state index contributed by atoms with van der Waals surface area (Å²) in [4.78, 5) is 4.60. The number of rotatable bonds is 1. The molecule has 0 bridgehead atoms. The van der Waals surface area contributed by atoms with Crippen LogP contribution in [0.5, 0.6) is 0 Å². The van der Waals surface area contributed by atoms with Crippen molar-refractivity contribution in [2.24, 2.45) is 0 Å². The van der Waals surface area contributed by atoms with Crippen LogP contribution in [0.3, 0.4) is 0 Å². The van der Waals surface area contributed by atoms with Crippen molar-refractivity contribution in [3.63, 3.8) is 0 Å². The van der Waals surface area contributed by atoms with Crippen LogP contribution in [0.2, 0.25) is 0 Å². The molecule has 2 rings (SSSR count). The van der Waals surface area contributed by atoms with Crippen molar-refractivity contribution in [2.45, 2.75) is 33.6 Å². The topological polar surface area (TPSA) is 30.2 Å². The Hall–Kier alpha value is -1.38. The molecule has 0 aliphatic heterocycles. The minimum atomic E-state index is 0.466. The number of fused-ring (bicyclic) bond motifs is 1. The number of aromatic nitrogens is 3. The van der Waals surface area contributed by atoms with E-state index >= 15 is 0 Å². The zero-order valence-corrected chi connectivity index (χ0v) is 9.07. The lowest BCUT2D eigenvalue weighted by molar-refractivity contribution is 0.796. The second-order valence-electron chi connectivity index (χ2n) is 4.04. The van der Waals surface area contributed by atoms with Gasteiger partial charge in [-0.3, -0.25) is 0 Å². The average molecular weight is 189 g/mol. The van der Waals surface area contributed by atoms with Crippen LogP contribution in [0.25, 0.3) is 5.65 Å². The largest absolute Gasteiger partial charge is 0.233 e. The van der Waals surface area contributed by atoms with Gasteiger partial charge in [0.2, 0.25) is 0 Å². The van der Waals surface area contributed by atoms with Crippen LogP contribution in [-0.4, -0.2) is 14.6 Å². The minimum absolute atomic E-state index is 0.466. The molecular weight excluding hydrogens is 174 g/mol. The summed E-state index contributed by atoms with van der Waals surface area (Å²) in [5.74, 6) is 0.466. The van der Waals surface area contributed by atoms with Crippen LogP contribution in [0.4, 0.5) is 0 Å². The van der Waals surface area contributed by atoms with Crippen LogP contribution in [0, 0.1) is 13.8 Å². The van der Waals surface area contributed by atoms with E-state index in [1.165, 1.54) is 0 Å². The van der Waals surface area contributed by atoms with Gasteiger partial charge in [-0.2, -0.15) is 5.10 Å². The Kier molecular flexibility index (Phi) is 2.02. The molecule has 74 valence electrons. The van der Waals surface area contributed by atoms with Crippen molar-refractivity contribution in [3.8, 4) is 0 Å². The molecule has 0 saturated heterocycles. The molecule has 0 N–H and O–H groups in total. The van der Waals surface area contributed by atoms with Gasteiger partial charge in [-0.15, -0.1) is 0 Å². The Morgan fingerprint density at radius 2 is 2.00 bits per heavy atom. The number of hydrogen-bond donors (Lipinski definition) is 0. The fourth-order valence-corrected chi connectivity index (χ4v) is 1.54. The highest BCUT2D eigenvalue weighted by Crippen LogP contribution is 2.16. The molecule has 2 aromatic heterocycles. The van der Waals surface area contributed by atoms with Crippen LogP contribution < -0.4 is 0 Å². The number of hydrogen-bond acceptors (Lipinski definition) is 2. The Morgan fingerprint density at radius 1 is 1.29 bits per heavy atom. The maximum Gasteiger partial charge on any atom is 0.158 e. The fourth-order valence-electron chi connectivity index (χ4n) is 1.54. The molecule has 2 aromatic rings. The third-order valence-electron chi connectivity index (χ3n) is 2.44. The van der Waals surface area contributed by atoms with E-state index in [0.29, 0.717) is 5.92 Å². The highest BCUT2D eigenvalue weighted by molar-refractivity contribution is 5.47. The third kappa shape index (κ3) is 1.29. The molecule has 0 saturated carbocycles. The van der Waals surface area contributed by atoms with Crippen LogP contribution >= 0.6 is 0 Å². The van der Waals surface area contributed by atoms with Crippen molar-refractivity contribution in [1.82, 2.24) is 14.6 Å². The van der Waals surface area contributed by atoms with E-state index in [9.17, 15) is 0 Å². The fraction of sp³-hybridized carbons (Fsp3) is 0.455. The van der Waals surface area contributed by atoms with E-state index in [4.69, 9.17) is 0 Å². The Labute approximate surface area is 83.8 Å². The van der Waals surface area contributed by atoms with Crippen molar-refractivity contribution < 1.29 is 0 Å². The molecule has 2 heterocycles. The second kappa shape index (κ2) is 3.08. The van der Waals surface area contributed by atoms with Gasteiger partial charge in [-0.05, 0) is 25.8 Å². The molecule has 3 nitrogen and oxygen atoms in total. The quantitative estimate of drug-likeness (QED) is 0.689. The summed E-state index contributed by atoms with van der Waals surface area (Å²) in [6.07, 6.45) is 1.86. The van der Waals surface area contributed by atoms with Crippen LogP contribution in [-0.2, 0) is 0 Å². The van der Waals surface area contributed by atoms with Gasteiger partial charge in [0.1, 0.15) is 0 Å². The zero-order valence-electron chi connectivity index (χ0n) is 9.07. The van der Waals surface area contributed by atoms with E-state index in [1.54, 1.807) is 0 Å². The highest BCUT2D eigenvalue weighted by Gasteiger charge is 2.08. The van der Waals surface area contributed by atoms with Gasteiger partial charge in [0.25, 0.3) is 0 Å². The maximum absolute atomic E-state index is 4.60. The summed E-state index contributed by atoms with van der Waals surface area (Å²) in [5, 5.41) is 4.27. The van der Waals surface area contributed by atoms with Gasteiger partial charge in [0.05, 0.1) is 6.20 Å². The minimum Gasteiger partial charge on any atom is -0.233 e. The number of aryl methyl sites for hydroxylation is 2. The van der Waals surface area contributed by atoms with Gasteiger partial charge < -0.3 is 0 Å². The summed E-state index contributed by atoms with van der Waals surface area (Å²) in [6.45, 7) is 8.42. The molecular formula is C11H15N3. The van der Waals surface area contributed by atoms with E-state index in [1.807, 2.05) is 17.6 Å². The molecule has 0 aromatic carbocycles. The monoisotopic (exact) mass is 189 g/mol. The van der Waals surface area contributed by atoms with E-state index in [-0.39, 0.29) is 0 Å². The van der Waals surface area contributed by atoms with Crippen molar-refractivity contribution >= 4 is 5.65 Å². The molecule has 14 heavy (non-hydrogen) atoms. The summed E-state index contributed by atoms with van der Waals surface area (Å²) in [6, 6.07) is 2.10. The normalized spacial score (nSPS) is 11.5. The molecule has 0 aliphatic rings. The molecule has 0 amide bonds. The van der Waals surface area contributed by atoms with Gasteiger partial charge >= 0.3 is 0 Å². The molecule has 0 fully saturated rings. The first-order valence-corrected chi connectivity index (χ1v) is 4.91. The first-order valence-electron chi connectivity index (χ1n) is 4.91. The Bertz CT molecular complexity index is 469.